The Balaban J connectivity index is 1.39. The minimum atomic E-state index is -1.01. The molecule has 25 heavy (non-hydrogen) atoms. The number of hydrogen-bond donors (Lipinski definition) is 2. The van der Waals surface area contributed by atoms with Crippen LogP contribution in [-0.2, 0) is 17.8 Å². The van der Waals surface area contributed by atoms with Crippen molar-refractivity contribution in [3.05, 3.63) is 71.9 Å². The van der Waals surface area contributed by atoms with Crippen LogP contribution in [0, 0.1) is 0 Å². The minimum absolute atomic E-state index is 0.113. The van der Waals surface area contributed by atoms with Gasteiger partial charge in [-0.3, -0.25) is 0 Å². The van der Waals surface area contributed by atoms with E-state index in [1.807, 2.05) is 48.7 Å². The van der Waals surface area contributed by atoms with Gasteiger partial charge in [0, 0.05) is 29.7 Å². The molecule has 2 N–H and O–H groups in total. The Morgan fingerprint density at radius 1 is 1.08 bits per heavy atom. The van der Waals surface area contributed by atoms with Gasteiger partial charge in [0.2, 0.25) is 0 Å². The van der Waals surface area contributed by atoms with Gasteiger partial charge in [0.15, 0.2) is 0 Å². The molecule has 132 valence electrons. The van der Waals surface area contributed by atoms with Crippen molar-refractivity contribution in [1.82, 2.24) is 10.3 Å². The van der Waals surface area contributed by atoms with E-state index in [2.05, 4.69) is 29.4 Å². The summed E-state index contributed by atoms with van der Waals surface area (Å²) >= 11 is 0. The maximum Gasteiger partial charge on any atom is 0.136 e. The molecular formula is C21H25FN2O. The molecule has 0 fully saturated rings. The number of para-hydroxylation sites is 1. The van der Waals surface area contributed by atoms with Crippen LogP contribution in [0.5, 0.6) is 0 Å². The Morgan fingerprint density at radius 2 is 1.84 bits per heavy atom. The lowest BCUT2D eigenvalue weighted by Crippen LogP contribution is -2.35. The van der Waals surface area contributed by atoms with Gasteiger partial charge in [-0.15, -0.1) is 0 Å². The quantitative estimate of drug-likeness (QED) is 0.611. The third-order valence-corrected chi connectivity index (χ3v) is 4.30. The summed E-state index contributed by atoms with van der Waals surface area (Å²) in [5.74, 6) is 0. The molecule has 2 atom stereocenters. The van der Waals surface area contributed by atoms with Gasteiger partial charge in [0.05, 0.1) is 13.2 Å². The summed E-state index contributed by atoms with van der Waals surface area (Å²) in [5, 5.41) is 4.50. The predicted octanol–water partition coefficient (Wildman–Crippen LogP) is 4.24. The lowest BCUT2D eigenvalue weighted by atomic mass is 10.1. The summed E-state index contributed by atoms with van der Waals surface area (Å²) in [5.41, 5.74) is 3.46. The third-order valence-electron chi connectivity index (χ3n) is 4.30. The first-order valence-corrected chi connectivity index (χ1v) is 8.76. The van der Waals surface area contributed by atoms with Crippen molar-refractivity contribution in [3.8, 4) is 0 Å². The first-order chi connectivity index (χ1) is 12.2. The molecule has 0 amide bonds. The number of benzene rings is 2. The lowest BCUT2D eigenvalue weighted by molar-refractivity contribution is 0.0686. The van der Waals surface area contributed by atoms with E-state index in [9.17, 15) is 4.39 Å². The molecule has 0 aliphatic heterocycles. The number of hydrogen-bond acceptors (Lipinski definition) is 2. The number of ether oxygens (including phenoxy) is 1. The second-order valence-corrected chi connectivity index (χ2v) is 6.47. The van der Waals surface area contributed by atoms with Crippen molar-refractivity contribution >= 4 is 10.9 Å². The van der Waals surface area contributed by atoms with E-state index < -0.39 is 6.17 Å². The number of fused-ring (bicyclic) bond motifs is 1. The predicted molar refractivity (Wildman–Crippen MR) is 100 cm³/mol. The van der Waals surface area contributed by atoms with Gasteiger partial charge in [0.1, 0.15) is 6.17 Å². The molecule has 0 radical (unpaired) electrons. The summed E-state index contributed by atoms with van der Waals surface area (Å²) in [6.45, 7) is 2.95. The lowest BCUT2D eigenvalue weighted by Gasteiger charge is -2.16. The molecule has 4 heteroatoms. The van der Waals surface area contributed by atoms with Crippen molar-refractivity contribution in [2.45, 2.75) is 32.2 Å². The first-order valence-electron chi connectivity index (χ1n) is 8.76. The summed E-state index contributed by atoms with van der Waals surface area (Å²) < 4.78 is 19.5. The van der Waals surface area contributed by atoms with E-state index in [1.54, 1.807) is 0 Å². The zero-order chi connectivity index (χ0) is 17.5. The normalized spacial score (nSPS) is 13.8. The SMILES string of the molecule is CC(Cc1c[nH]c2ccccc12)NC[C@@H](F)COCc1ccccc1. The molecule has 0 aliphatic rings. The fourth-order valence-electron chi connectivity index (χ4n) is 2.97. The van der Waals surface area contributed by atoms with Crippen LogP contribution in [0.3, 0.4) is 0 Å². The topological polar surface area (TPSA) is 37.0 Å². The van der Waals surface area contributed by atoms with Crippen LogP contribution in [0.1, 0.15) is 18.1 Å². The van der Waals surface area contributed by atoms with Crippen molar-refractivity contribution in [1.29, 1.82) is 0 Å². The summed E-state index contributed by atoms with van der Waals surface area (Å²) in [6.07, 6.45) is 1.90. The van der Waals surface area contributed by atoms with E-state index in [-0.39, 0.29) is 12.6 Å². The number of rotatable bonds is 9. The monoisotopic (exact) mass is 340 g/mol. The molecule has 3 nitrogen and oxygen atoms in total. The molecule has 3 aromatic rings. The number of halogens is 1. The Kier molecular flexibility index (Phi) is 6.20. The summed E-state index contributed by atoms with van der Waals surface area (Å²) in [7, 11) is 0. The fourth-order valence-corrected chi connectivity index (χ4v) is 2.97. The van der Waals surface area contributed by atoms with Crippen molar-refractivity contribution < 1.29 is 9.13 Å². The maximum absolute atomic E-state index is 14.0. The van der Waals surface area contributed by atoms with Gasteiger partial charge in [-0.05, 0) is 30.5 Å². The van der Waals surface area contributed by atoms with E-state index in [4.69, 9.17) is 4.74 Å². The standard InChI is InChI=1S/C21H25FN2O/c1-16(11-18-12-24-21-10-6-5-9-20(18)21)23-13-19(22)15-25-14-17-7-3-2-4-8-17/h2-10,12,16,19,23-24H,11,13-15H2,1H3/t16?,19-/m1/s1. The second kappa shape index (κ2) is 8.79. The Morgan fingerprint density at radius 3 is 2.68 bits per heavy atom. The van der Waals surface area contributed by atoms with Crippen molar-refractivity contribution in [2.75, 3.05) is 13.2 Å². The Labute approximate surface area is 148 Å². The van der Waals surface area contributed by atoms with E-state index >= 15 is 0 Å². The van der Waals surface area contributed by atoms with Gasteiger partial charge in [-0.25, -0.2) is 4.39 Å². The molecule has 1 aromatic heterocycles. The van der Waals surface area contributed by atoms with Crippen molar-refractivity contribution in [3.63, 3.8) is 0 Å². The maximum atomic E-state index is 14.0. The zero-order valence-electron chi connectivity index (χ0n) is 14.5. The molecule has 0 bridgehead atoms. The minimum Gasteiger partial charge on any atom is -0.374 e. The van der Waals surface area contributed by atoms with Gasteiger partial charge in [-0.1, -0.05) is 48.5 Å². The van der Waals surface area contributed by atoms with E-state index in [1.165, 1.54) is 10.9 Å². The van der Waals surface area contributed by atoms with Gasteiger partial charge in [-0.2, -0.15) is 0 Å². The number of alkyl halides is 1. The third kappa shape index (κ3) is 5.15. The number of H-pyrrole nitrogens is 1. The van der Waals surface area contributed by atoms with Gasteiger partial charge >= 0.3 is 0 Å². The average Bonchev–Trinajstić information content (AvgIpc) is 3.04. The molecule has 1 unspecified atom stereocenters. The molecule has 0 saturated carbocycles. The number of aromatic nitrogens is 1. The van der Waals surface area contributed by atoms with Crippen LogP contribution in [0.4, 0.5) is 4.39 Å². The Bertz CT molecular complexity index is 772. The van der Waals surface area contributed by atoms with E-state index in [0.717, 1.165) is 17.5 Å². The highest BCUT2D eigenvalue weighted by atomic mass is 19.1. The molecule has 0 aliphatic carbocycles. The van der Waals surface area contributed by atoms with Crippen LogP contribution in [0.2, 0.25) is 0 Å². The highest BCUT2D eigenvalue weighted by Crippen LogP contribution is 2.19. The average molecular weight is 340 g/mol. The smallest absolute Gasteiger partial charge is 0.136 e. The highest BCUT2D eigenvalue weighted by Gasteiger charge is 2.11. The van der Waals surface area contributed by atoms with Gasteiger partial charge < -0.3 is 15.0 Å². The first kappa shape index (κ1) is 17.6. The van der Waals surface area contributed by atoms with Gasteiger partial charge in [0.25, 0.3) is 0 Å². The van der Waals surface area contributed by atoms with E-state index in [0.29, 0.717) is 13.2 Å². The molecular weight excluding hydrogens is 315 g/mol. The molecule has 3 rings (SSSR count). The number of aromatic amines is 1. The number of nitrogens with one attached hydrogen (secondary N) is 2. The zero-order valence-corrected chi connectivity index (χ0v) is 14.5. The van der Waals surface area contributed by atoms with Crippen LogP contribution in [0.25, 0.3) is 10.9 Å². The molecule has 2 aromatic carbocycles. The Hall–Kier alpha value is -2.17. The molecule has 0 saturated heterocycles. The fraction of sp³-hybridized carbons (Fsp3) is 0.333. The van der Waals surface area contributed by atoms with Crippen LogP contribution in [-0.4, -0.2) is 30.3 Å². The second-order valence-electron chi connectivity index (χ2n) is 6.47. The van der Waals surface area contributed by atoms with Crippen LogP contribution in [0.15, 0.2) is 60.8 Å². The highest BCUT2D eigenvalue weighted by molar-refractivity contribution is 5.83. The largest absolute Gasteiger partial charge is 0.374 e. The molecule has 1 heterocycles. The van der Waals surface area contributed by atoms with Crippen LogP contribution >= 0.6 is 0 Å². The van der Waals surface area contributed by atoms with Crippen molar-refractivity contribution in [2.24, 2.45) is 0 Å². The summed E-state index contributed by atoms with van der Waals surface area (Å²) in [6, 6.07) is 18.3. The molecule has 0 spiro atoms. The van der Waals surface area contributed by atoms with Crippen LogP contribution < -0.4 is 5.32 Å². The summed E-state index contributed by atoms with van der Waals surface area (Å²) in [4.78, 5) is 3.28.